The fourth-order valence-electron chi connectivity index (χ4n) is 2.70. The summed E-state index contributed by atoms with van der Waals surface area (Å²) in [7, 11) is 0. The van der Waals surface area contributed by atoms with E-state index in [0.29, 0.717) is 24.7 Å². The van der Waals surface area contributed by atoms with Gasteiger partial charge in [0.1, 0.15) is 0 Å². The number of nitrogens with one attached hydrogen (secondary N) is 1. The summed E-state index contributed by atoms with van der Waals surface area (Å²) in [5.74, 6) is 0.650. The van der Waals surface area contributed by atoms with Crippen molar-refractivity contribution in [1.82, 2.24) is 5.32 Å². The van der Waals surface area contributed by atoms with Crippen LogP contribution in [0.15, 0.2) is 24.3 Å². The molecular weight excluding hydrogens is 220 g/mol. The molecule has 3 heteroatoms. The summed E-state index contributed by atoms with van der Waals surface area (Å²) in [4.78, 5) is 0. The Labute approximate surface area is 100 Å². The van der Waals surface area contributed by atoms with Crippen LogP contribution in [0.5, 0.6) is 0 Å². The van der Waals surface area contributed by atoms with Gasteiger partial charge in [-0.05, 0) is 29.9 Å². The SMILES string of the molecule is FC(F)C1CC(c2ccc(C3CNC3)cc2)C1. The van der Waals surface area contributed by atoms with E-state index in [1.807, 2.05) is 0 Å². The third kappa shape index (κ3) is 2.08. The minimum atomic E-state index is -2.13. The lowest BCUT2D eigenvalue weighted by Gasteiger charge is -2.35. The molecule has 1 aromatic rings. The van der Waals surface area contributed by atoms with Crippen LogP contribution in [0.3, 0.4) is 0 Å². The molecule has 1 aliphatic carbocycles. The van der Waals surface area contributed by atoms with Crippen LogP contribution in [0, 0.1) is 5.92 Å². The molecule has 1 saturated carbocycles. The largest absolute Gasteiger partial charge is 0.315 e. The predicted octanol–water partition coefficient (Wildman–Crippen LogP) is 3.13. The predicted molar refractivity (Wildman–Crippen MR) is 63.5 cm³/mol. The topological polar surface area (TPSA) is 12.0 Å². The zero-order valence-electron chi connectivity index (χ0n) is 9.70. The van der Waals surface area contributed by atoms with E-state index in [-0.39, 0.29) is 5.92 Å². The average molecular weight is 237 g/mol. The van der Waals surface area contributed by atoms with E-state index < -0.39 is 6.43 Å². The molecule has 1 N–H and O–H groups in total. The maximum atomic E-state index is 12.4. The first-order chi connectivity index (χ1) is 8.24. The zero-order chi connectivity index (χ0) is 11.8. The summed E-state index contributed by atoms with van der Waals surface area (Å²) in [6.07, 6.45) is -0.823. The van der Waals surface area contributed by atoms with Gasteiger partial charge < -0.3 is 5.32 Å². The number of hydrogen-bond acceptors (Lipinski definition) is 1. The van der Waals surface area contributed by atoms with Gasteiger partial charge in [-0.2, -0.15) is 0 Å². The van der Waals surface area contributed by atoms with E-state index in [0.717, 1.165) is 13.1 Å². The quantitative estimate of drug-likeness (QED) is 0.851. The lowest BCUT2D eigenvalue weighted by molar-refractivity contribution is 0.0226. The molecule has 0 amide bonds. The Morgan fingerprint density at radius 3 is 1.88 bits per heavy atom. The summed E-state index contributed by atoms with van der Waals surface area (Å²) >= 11 is 0. The van der Waals surface area contributed by atoms with Crippen molar-refractivity contribution in [1.29, 1.82) is 0 Å². The van der Waals surface area contributed by atoms with Gasteiger partial charge in [0.2, 0.25) is 6.43 Å². The lowest BCUT2D eigenvalue weighted by atomic mass is 9.71. The molecule has 3 rings (SSSR count). The summed E-state index contributed by atoms with van der Waals surface area (Å²) in [6.45, 7) is 2.13. The Bertz CT molecular complexity index is 378. The molecule has 0 bridgehead atoms. The van der Waals surface area contributed by atoms with Crippen molar-refractivity contribution in [3.63, 3.8) is 0 Å². The van der Waals surface area contributed by atoms with E-state index in [1.165, 1.54) is 11.1 Å². The van der Waals surface area contributed by atoms with Crippen molar-refractivity contribution < 1.29 is 8.78 Å². The van der Waals surface area contributed by atoms with Gasteiger partial charge in [-0.3, -0.25) is 0 Å². The number of benzene rings is 1. The van der Waals surface area contributed by atoms with Crippen molar-refractivity contribution in [2.45, 2.75) is 31.1 Å². The second-order valence-corrected chi connectivity index (χ2v) is 5.28. The fourth-order valence-corrected chi connectivity index (χ4v) is 2.70. The summed E-state index contributed by atoms with van der Waals surface area (Å²) in [5, 5.41) is 3.25. The van der Waals surface area contributed by atoms with Gasteiger partial charge in [0.25, 0.3) is 0 Å². The molecular formula is C14H17F2N. The molecule has 1 saturated heterocycles. The molecule has 0 unspecified atom stereocenters. The van der Waals surface area contributed by atoms with Crippen molar-refractivity contribution in [3.8, 4) is 0 Å². The molecule has 0 radical (unpaired) electrons. The second-order valence-electron chi connectivity index (χ2n) is 5.28. The molecule has 1 heterocycles. The highest BCUT2D eigenvalue weighted by Crippen LogP contribution is 2.44. The highest BCUT2D eigenvalue weighted by Gasteiger charge is 2.36. The first-order valence-corrected chi connectivity index (χ1v) is 6.33. The van der Waals surface area contributed by atoms with E-state index in [2.05, 4.69) is 29.6 Å². The Kier molecular flexibility index (Phi) is 2.87. The molecule has 2 aliphatic rings. The molecule has 1 aromatic carbocycles. The molecule has 1 aliphatic heterocycles. The molecule has 0 spiro atoms. The normalized spacial score (nSPS) is 28.9. The van der Waals surface area contributed by atoms with Gasteiger partial charge in [0.05, 0.1) is 0 Å². The first kappa shape index (κ1) is 11.1. The van der Waals surface area contributed by atoms with E-state index >= 15 is 0 Å². The van der Waals surface area contributed by atoms with Crippen LogP contribution in [0.25, 0.3) is 0 Å². The Morgan fingerprint density at radius 2 is 1.47 bits per heavy atom. The standard InChI is InChI=1S/C14H17F2N/c15-14(16)12-5-11(6-12)9-1-3-10(4-2-9)13-7-17-8-13/h1-4,11-14,17H,5-8H2. The van der Waals surface area contributed by atoms with Crippen LogP contribution in [0.1, 0.15) is 35.8 Å². The molecule has 2 fully saturated rings. The van der Waals surface area contributed by atoms with Gasteiger partial charge in [-0.15, -0.1) is 0 Å². The first-order valence-electron chi connectivity index (χ1n) is 6.33. The average Bonchev–Trinajstić information content (AvgIpc) is 2.15. The summed E-state index contributed by atoms with van der Waals surface area (Å²) in [6, 6.07) is 8.58. The van der Waals surface area contributed by atoms with Crippen molar-refractivity contribution in [2.75, 3.05) is 13.1 Å². The highest BCUT2D eigenvalue weighted by atomic mass is 19.3. The molecule has 1 nitrogen and oxygen atoms in total. The van der Waals surface area contributed by atoms with Gasteiger partial charge in [-0.1, -0.05) is 24.3 Å². The Balaban J connectivity index is 1.61. The van der Waals surface area contributed by atoms with Crippen LogP contribution in [0.2, 0.25) is 0 Å². The third-order valence-electron chi connectivity index (χ3n) is 4.19. The van der Waals surface area contributed by atoms with Crippen molar-refractivity contribution in [3.05, 3.63) is 35.4 Å². The van der Waals surface area contributed by atoms with Crippen LogP contribution in [-0.4, -0.2) is 19.5 Å². The van der Waals surface area contributed by atoms with E-state index in [9.17, 15) is 8.78 Å². The zero-order valence-corrected chi connectivity index (χ0v) is 9.70. The van der Waals surface area contributed by atoms with Crippen LogP contribution < -0.4 is 5.32 Å². The molecule has 17 heavy (non-hydrogen) atoms. The van der Waals surface area contributed by atoms with Gasteiger partial charge in [-0.25, -0.2) is 8.78 Å². The van der Waals surface area contributed by atoms with Crippen molar-refractivity contribution >= 4 is 0 Å². The number of hydrogen-bond donors (Lipinski definition) is 1. The van der Waals surface area contributed by atoms with Crippen LogP contribution in [-0.2, 0) is 0 Å². The van der Waals surface area contributed by atoms with Crippen LogP contribution >= 0.6 is 0 Å². The van der Waals surface area contributed by atoms with Crippen LogP contribution in [0.4, 0.5) is 8.78 Å². The van der Waals surface area contributed by atoms with E-state index in [4.69, 9.17) is 0 Å². The maximum Gasteiger partial charge on any atom is 0.241 e. The van der Waals surface area contributed by atoms with Crippen molar-refractivity contribution in [2.24, 2.45) is 5.92 Å². The lowest BCUT2D eigenvalue weighted by Crippen LogP contribution is -2.39. The Morgan fingerprint density at radius 1 is 0.941 bits per heavy atom. The number of rotatable bonds is 3. The summed E-state index contributed by atoms with van der Waals surface area (Å²) < 4.78 is 24.8. The molecule has 0 atom stereocenters. The van der Waals surface area contributed by atoms with Gasteiger partial charge in [0.15, 0.2) is 0 Å². The van der Waals surface area contributed by atoms with E-state index in [1.54, 1.807) is 0 Å². The van der Waals surface area contributed by atoms with Gasteiger partial charge >= 0.3 is 0 Å². The summed E-state index contributed by atoms with van der Waals surface area (Å²) in [5.41, 5.74) is 2.61. The minimum absolute atomic E-state index is 0.363. The third-order valence-corrected chi connectivity index (χ3v) is 4.19. The molecule has 92 valence electrons. The monoisotopic (exact) mass is 237 g/mol. The molecule has 0 aromatic heterocycles. The number of halogens is 2. The fraction of sp³-hybridized carbons (Fsp3) is 0.571. The second kappa shape index (κ2) is 4.37. The minimum Gasteiger partial charge on any atom is -0.315 e. The maximum absolute atomic E-state index is 12.4. The highest BCUT2D eigenvalue weighted by molar-refractivity contribution is 5.30. The van der Waals surface area contributed by atoms with Gasteiger partial charge in [0, 0.05) is 24.9 Å². The Hall–Kier alpha value is -0.960. The number of alkyl halides is 2. The smallest absolute Gasteiger partial charge is 0.241 e.